The minimum Gasteiger partial charge on any atom is -0.463 e. The van der Waals surface area contributed by atoms with E-state index in [2.05, 4.69) is 73.8 Å². The smallest absolute Gasteiger partial charge is 0.463 e. The van der Waals surface area contributed by atoms with Gasteiger partial charge >= 0.3 is 13.8 Å². The van der Waals surface area contributed by atoms with Gasteiger partial charge in [0.1, 0.15) is 12.7 Å². The summed E-state index contributed by atoms with van der Waals surface area (Å²) in [6.45, 7) is 3.32. The molecule has 0 aromatic carbocycles. The quantitative estimate of drug-likeness (QED) is 0.0278. The van der Waals surface area contributed by atoms with Crippen LogP contribution >= 0.6 is 7.82 Å². The maximum absolute atomic E-state index is 12.0. The van der Waals surface area contributed by atoms with Crippen molar-refractivity contribution in [3.8, 4) is 0 Å². The Morgan fingerprint density at radius 3 is 1.79 bits per heavy atom. The fourth-order valence-corrected chi connectivity index (χ4v) is 5.05. The minimum atomic E-state index is -4.42. The fraction of sp³-hybridized carbons (Fsp3) is 0.676. The van der Waals surface area contributed by atoms with Crippen molar-refractivity contribution in [2.24, 2.45) is 0 Å². The number of carbonyl (C=O) groups excluding carboxylic acids is 2. The molecule has 270 valence electrons. The molecule has 0 bridgehead atoms. The highest BCUT2D eigenvalue weighted by atomic mass is 31.2. The van der Waals surface area contributed by atoms with Crippen molar-refractivity contribution in [3.63, 3.8) is 0 Å². The highest BCUT2D eigenvalue weighted by Gasteiger charge is 2.23. The van der Waals surface area contributed by atoms with Gasteiger partial charge in [-0.05, 0) is 51.4 Å². The normalized spacial score (nSPS) is 14.2. The lowest BCUT2D eigenvalue weighted by Crippen LogP contribution is -2.27. The van der Waals surface area contributed by atoms with Gasteiger partial charge in [0.2, 0.25) is 5.91 Å². The Balaban J connectivity index is 3.76. The number of aliphatic hydroxyl groups excluding tert-OH is 1. The van der Waals surface area contributed by atoms with Gasteiger partial charge < -0.3 is 20.1 Å². The number of aliphatic hydroxyl groups is 1. The lowest BCUT2D eigenvalue weighted by Gasteiger charge is -2.15. The van der Waals surface area contributed by atoms with Gasteiger partial charge in [-0.25, -0.2) is 4.57 Å². The summed E-state index contributed by atoms with van der Waals surface area (Å²) in [5.41, 5.74) is 0. The highest BCUT2D eigenvalue weighted by Crippen LogP contribution is 2.42. The highest BCUT2D eigenvalue weighted by molar-refractivity contribution is 7.47. The molecule has 0 aromatic heterocycles. The molecule has 9 nitrogen and oxygen atoms in total. The first-order valence-corrected chi connectivity index (χ1v) is 19.3. The molecule has 0 aliphatic rings. The molecule has 1 amide bonds. The van der Waals surface area contributed by atoms with E-state index in [9.17, 15) is 24.2 Å². The second kappa shape index (κ2) is 33.6. The third-order valence-corrected chi connectivity index (χ3v) is 7.95. The second-order valence-corrected chi connectivity index (χ2v) is 12.9. The van der Waals surface area contributed by atoms with E-state index in [1.165, 1.54) is 38.5 Å². The van der Waals surface area contributed by atoms with Crippen molar-refractivity contribution in [3.05, 3.63) is 60.8 Å². The van der Waals surface area contributed by atoms with Gasteiger partial charge in [0.25, 0.3) is 0 Å². The number of unbranched alkanes of at least 4 members (excludes halogenated alkanes) is 9. The van der Waals surface area contributed by atoms with Gasteiger partial charge in [0.15, 0.2) is 0 Å². The SMILES string of the molecule is CC/C=C\C/C=C\C/C=C\C/C=C\C/C=C\CCCC(=O)OCC(O)COP(=O)(O)OCCNC(=O)CCCCCCCCCCC. The molecule has 47 heavy (non-hydrogen) atoms. The third kappa shape index (κ3) is 34.9. The summed E-state index contributed by atoms with van der Waals surface area (Å²) >= 11 is 0. The predicted octanol–water partition coefficient (Wildman–Crippen LogP) is 8.98. The summed E-state index contributed by atoms with van der Waals surface area (Å²) in [4.78, 5) is 33.6. The largest absolute Gasteiger partial charge is 0.472 e. The first-order chi connectivity index (χ1) is 22.8. The number of amides is 1. The van der Waals surface area contributed by atoms with Crippen LogP contribution in [0.1, 0.15) is 129 Å². The average molecular weight is 682 g/mol. The molecule has 0 aromatic rings. The van der Waals surface area contributed by atoms with Crippen molar-refractivity contribution in [2.75, 3.05) is 26.4 Å². The van der Waals surface area contributed by atoms with Gasteiger partial charge in [0.05, 0.1) is 13.2 Å². The summed E-state index contributed by atoms with van der Waals surface area (Å²) in [5, 5.41) is 12.6. The maximum atomic E-state index is 12.0. The Morgan fingerprint density at radius 1 is 0.681 bits per heavy atom. The van der Waals surface area contributed by atoms with Crippen molar-refractivity contribution >= 4 is 19.7 Å². The van der Waals surface area contributed by atoms with Gasteiger partial charge in [-0.1, -0.05) is 126 Å². The molecule has 3 N–H and O–H groups in total. The zero-order valence-electron chi connectivity index (χ0n) is 29.2. The van der Waals surface area contributed by atoms with Gasteiger partial charge in [0, 0.05) is 19.4 Å². The van der Waals surface area contributed by atoms with Crippen LogP contribution < -0.4 is 5.32 Å². The van der Waals surface area contributed by atoms with Crippen LogP contribution in [0.2, 0.25) is 0 Å². The van der Waals surface area contributed by atoms with E-state index >= 15 is 0 Å². The van der Waals surface area contributed by atoms with E-state index in [1.54, 1.807) is 0 Å². The zero-order chi connectivity index (χ0) is 34.7. The number of hydrogen-bond acceptors (Lipinski definition) is 7. The third-order valence-electron chi connectivity index (χ3n) is 6.96. The number of phosphoric acid groups is 1. The lowest BCUT2D eigenvalue weighted by atomic mass is 10.1. The molecule has 0 rings (SSSR count). The summed E-state index contributed by atoms with van der Waals surface area (Å²) in [6, 6.07) is 0. The summed E-state index contributed by atoms with van der Waals surface area (Å²) < 4.78 is 26.6. The molecule has 0 spiro atoms. The summed E-state index contributed by atoms with van der Waals surface area (Å²) in [6.07, 6.45) is 37.3. The van der Waals surface area contributed by atoms with Crippen molar-refractivity contribution in [1.82, 2.24) is 5.32 Å². The van der Waals surface area contributed by atoms with Crippen LogP contribution in [-0.2, 0) is 27.9 Å². The van der Waals surface area contributed by atoms with E-state index in [0.717, 1.165) is 57.8 Å². The standard InChI is InChI=1S/C37H64NO8P/c1-3-5-7-9-11-13-14-15-16-17-18-19-20-22-24-26-28-30-37(41)44-33-35(39)34-46-47(42,43)45-32-31-38-36(40)29-27-25-23-21-12-10-8-6-4-2/h5,7,11,13,15-16,18-19,22,24,35,39H,3-4,6,8-10,12,14,17,20-21,23,25-34H2,1-2H3,(H,38,40)(H,42,43)/b7-5-,13-11-,16-15-,19-18-,24-22-. The molecule has 0 aliphatic carbocycles. The number of phosphoric ester groups is 1. The van der Waals surface area contributed by atoms with Crippen LogP contribution in [0.4, 0.5) is 0 Å². The topological polar surface area (TPSA) is 131 Å². The molecule has 10 heteroatoms. The predicted molar refractivity (Wildman–Crippen MR) is 192 cm³/mol. The van der Waals surface area contributed by atoms with Crippen LogP contribution in [-0.4, -0.2) is 54.3 Å². The van der Waals surface area contributed by atoms with Crippen LogP contribution in [0, 0.1) is 0 Å². The molecular weight excluding hydrogens is 617 g/mol. The maximum Gasteiger partial charge on any atom is 0.472 e. The molecule has 0 saturated heterocycles. The second-order valence-electron chi connectivity index (χ2n) is 11.5. The van der Waals surface area contributed by atoms with Crippen molar-refractivity contribution in [1.29, 1.82) is 0 Å². The first-order valence-electron chi connectivity index (χ1n) is 17.8. The summed E-state index contributed by atoms with van der Waals surface area (Å²) in [5.74, 6) is -0.585. The molecule has 2 unspecified atom stereocenters. The molecule has 0 fully saturated rings. The number of hydrogen-bond donors (Lipinski definition) is 3. The van der Waals surface area contributed by atoms with E-state index in [4.69, 9.17) is 13.8 Å². The Kier molecular flexibility index (Phi) is 32.0. The van der Waals surface area contributed by atoms with Crippen molar-refractivity contribution < 1.29 is 37.9 Å². The van der Waals surface area contributed by atoms with E-state index in [1.807, 2.05) is 6.08 Å². The summed E-state index contributed by atoms with van der Waals surface area (Å²) in [7, 11) is -4.42. The van der Waals surface area contributed by atoms with Crippen LogP contribution in [0.25, 0.3) is 0 Å². The first kappa shape index (κ1) is 44.7. The molecule has 0 heterocycles. The van der Waals surface area contributed by atoms with Gasteiger partial charge in [-0.2, -0.15) is 0 Å². The Labute approximate surface area is 285 Å². The van der Waals surface area contributed by atoms with Gasteiger partial charge in [-0.3, -0.25) is 18.6 Å². The van der Waals surface area contributed by atoms with Crippen molar-refractivity contribution in [2.45, 2.75) is 136 Å². The molecule has 2 atom stereocenters. The monoisotopic (exact) mass is 681 g/mol. The lowest BCUT2D eigenvalue weighted by molar-refractivity contribution is -0.147. The Bertz CT molecular complexity index is 960. The zero-order valence-corrected chi connectivity index (χ0v) is 30.1. The van der Waals surface area contributed by atoms with Crippen LogP contribution in [0.15, 0.2) is 60.8 Å². The number of rotatable bonds is 32. The van der Waals surface area contributed by atoms with E-state index < -0.39 is 26.5 Å². The molecule has 0 aliphatic heterocycles. The molecule has 0 radical (unpaired) electrons. The van der Waals surface area contributed by atoms with E-state index in [-0.39, 0.29) is 32.1 Å². The van der Waals surface area contributed by atoms with Gasteiger partial charge in [-0.15, -0.1) is 0 Å². The number of allylic oxidation sites excluding steroid dienone is 10. The number of esters is 1. The molecular formula is C37H64NO8P. The molecule has 0 saturated carbocycles. The number of nitrogens with one attached hydrogen (secondary N) is 1. The van der Waals surface area contributed by atoms with Crippen LogP contribution in [0.3, 0.4) is 0 Å². The number of carbonyl (C=O) groups is 2. The Hall–Kier alpha value is -2.29. The van der Waals surface area contributed by atoms with Crippen LogP contribution in [0.5, 0.6) is 0 Å². The Morgan fingerprint density at radius 2 is 1.21 bits per heavy atom. The van der Waals surface area contributed by atoms with E-state index in [0.29, 0.717) is 12.8 Å². The number of ether oxygens (including phenoxy) is 1. The minimum absolute atomic E-state index is 0.0734. The average Bonchev–Trinajstić information content (AvgIpc) is 3.05. The fourth-order valence-electron chi connectivity index (χ4n) is 4.30.